The lowest BCUT2D eigenvalue weighted by Crippen LogP contribution is -2.28. The molecule has 4 rings (SSSR count). The molecule has 1 atom stereocenters. The number of imidazole rings is 1. The number of hydrogen-bond donors (Lipinski definition) is 3. The Morgan fingerprint density at radius 1 is 1.22 bits per heavy atom. The van der Waals surface area contributed by atoms with Crippen molar-refractivity contribution in [3.05, 3.63) is 34.4 Å². The van der Waals surface area contributed by atoms with Crippen molar-refractivity contribution >= 4 is 57.9 Å². The normalized spacial score (nSPS) is 19.6. The molecule has 32 heavy (non-hydrogen) atoms. The van der Waals surface area contributed by atoms with Gasteiger partial charge in [0.15, 0.2) is 5.65 Å². The Balaban J connectivity index is 1.76. The minimum absolute atomic E-state index is 0.0901. The molecule has 8 nitrogen and oxygen atoms in total. The molecule has 0 aliphatic heterocycles. The number of fused-ring (bicyclic) bond motifs is 1. The van der Waals surface area contributed by atoms with Gasteiger partial charge in [0.05, 0.1) is 21.9 Å². The summed E-state index contributed by atoms with van der Waals surface area (Å²) in [5.74, 6) is 0.823. The highest BCUT2D eigenvalue weighted by molar-refractivity contribution is 6.39. The number of anilines is 3. The molecule has 1 saturated carbocycles. The predicted molar refractivity (Wildman–Crippen MR) is 129 cm³/mol. The van der Waals surface area contributed by atoms with Crippen molar-refractivity contribution in [1.29, 1.82) is 0 Å². The van der Waals surface area contributed by atoms with Crippen LogP contribution in [0.2, 0.25) is 10.0 Å². The van der Waals surface area contributed by atoms with Gasteiger partial charge in [0.2, 0.25) is 17.8 Å². The molecule has 1 aromatic carbocycles. The standard InChI is InChI=1S/C22H27Cl2N7O/c1-3-12(2)27-21-26-11-17-20(30-21)31(14-9-7-13(8-10-14)19(25)32)22(28-17)29-18-15(23)5-4-6-16(18)24/h4-6,11-14H,3,7-10H2,1-2H3,(H2,25,32)(H,28,29)(H,26,27,30)/t12?,13-,14-. The Bertz CT molecular complexity index is 1100. The van der Waals surface area contributed by atoms with Gasteiger partial charge in [0, 0.05) is 18.0 Å². The molecule has 1 aliphatic carbocycles. The van der Waals surface area contributed by atoms with E-state index >= 15 is 0 Å². The van der Waals surface area contributed by atoms with Crippen LogP contribution < -0.4 is 16.4 Å². The van der Waals surface area contributed by atoms with Crippen LogP contribution in [0.4, 0.5) is 17.6 Å². The second kappa shape index (κ2) is 9.50. The average Bonchev–Trinajstić information content (AvgIpc) is 3.13. The summed E-state index contributed by atoms with van der Waals surface area (Å²) in [6.07, 6.45) is 5.72. The number of benzene rings is 1. The molecule has 10 heteroatoms. The molecule has 1 unspecified atom stereocenters. The third kappa shape index (κ3) is 4.61. The van der Waals surface area contributed by atoms with E-state index in [4.69, 9.17) is 38.9 Å². The van der Waals surface area contributed by atoms with Crippen molar-refractivity contribution in [3.63, 3.8) is 0 Å². The molecule has 2 heterocycles. The van der Waals surface area contributed by atoms with Gasteiger partial charge in [-0.25, -0.2) is 9.97 Å². The van der Waals surface area contributed by atoms with Crippen molar-refractivity contribution in [1.82, 2.24) is 19.5 Å². The van der Waals surface area contributed by atoms with Crippen LogP contribution in [0.1, 0.15) is 52.0 Å². The lowest BCUT2D eigenvalue weighted by atomic mass is 9.85. The van der Waals surface area contributed by atoms with E-state index in [1.54, 1.807) is 24.4 Å². The first-order valence-corrected chi connectivity index (χ1v) is 11.6. The lowest BCUT2D eigenvalue weighted by molar-refractivity contribution is -0.122. The highest BCUT2D eigenvalue weighted by Gasteiger charge is 2.29. The third-order valence-electron chi connectivity index (χ3n) is 6.08. The summed E-state index contributed by atoms with van der Waals surface area (Å²) in [6, 6.07) is 5.69. The van der Waals surface area contributed by atoms with Crippen LogP contribution in [0, 0.1) is 5.92 Å². The van der Waals surface area contributed by atoms with Crippen molar-refractivity contribution in [2.75, 3.05) is 10.6 Å². The fraction of sp³-hybridized carbons (Fsp3) is 0.455. The quantitative estimate of drug-likeness (QED) is 0.427. The minimum atomic E-state index is -0.234. The Labute approximate surface area is 196 Å². The molecule has 170 valence electrons. The first-order chi connectivity index (χ1) is 15.4. The average molecular weight is 476 g/mol. The van der Waals surface area contributed by atoms with Crippen LogP contribution in [-0.2, 0) is 4.79 Å². The van der Waals surface area contributed by atoms with Crippen LogP contribution in [0.25, 0.3) is 11.2 Å². The van der Waals surface area contributed by atoms with Crippen LogP contribution in [-0.4, -0.2) is 31.5 Å². The second-order valence-corrected chi connectivity index (χ2v) is 9.11. The van der Waals surface area contributed by atoms with Gasteiger partial charge in [-0.15, -0.1) is 0 Å². The summed E-state index contributed by atoms with van der Waals surface area (Å²) in [7, 11) is 0. The Kier molecular flexibility index (Phi) is 6.71. The van der Waals surface area contributed by atoms with Gasteiger partial charge >= 0.3 is 0 Å². The van der Waals surface area contributed by atoms with E-state index < -0.39 is 0 Å². The van der Waals surface area contributed by atoms with Gasteiger partial charge in [-0.05, 0) is 51.2 Å². The zero-order chi connectivity index (χ0) is 22.8. The fourth-order valence-electron chi connectivity index (χ4n) is 4.06. The lowest BCUT2D eigenvalue weighted by Gasteiger charge is -2.29. The highest BCUT2D eigenvalue weighted by Crippen LogP contribution is 2.39. The molecule has 1 amide bonds. The summed E-state index contributed by atoms with van der Waals surface area (Å²) < 4.78 is 2.08. The molecule has 4 N–H and O–H groups in total. The number of para-hydroxylation sites is 1. The van der Waals surface area contributed by atoms with Crippen LogP contribution in [0.3, 0.4) is 0 Å². The number of rotatable bonds is 7. The Morgan fingerprint density at radius 3 is 2.53 bits per heavy atom. The number of hydrogen-bond acceptors (Lipinski definition) is 6. The zero-order valence-electron chi connectivity index (χ0n) is 18.1. The van der Waals surface area contributed by atoms with Crippen LogP contribution in [0.5, 0.6) is 0 Å². The van der Waals surface area contributed by atoms with Gasteiger partial charge in [-0.3, -0.25) is 9.36 Å². The summed E-state index contributed by atoms with van der Waals surface area (Å²) in [4.78, 5) is 25.6. The van der Waals surface area contributed by atoms with Crippen LogP contribution >= 0.6 is 23.2 Å². The Morgan fingerprint density at radius 2 is 1.91 bits per heavy atom. The first-order valence-electron chi connectivity index (χ1n) is 10.9. The largest absolute Gasteiger partial charge is 0.369 e. The molecule has 3 aromatic rings. The first kappa shape index (κ1) is 22.6. The van der Waals surface area contributed by atoms with E-state index in [-0.39, 0.29) is 23.9 Å². The molecule has 0 bridgehead atoms. The number of aromatic nitrogens is 4. The van der Waals surface area contributed by atoms with E-state index in [0.717, 1.165) is 37.8 Å². The summed E-state index contributed by atoms with van der Waals surface area (Å²) in [5.41, 5.74) is 7.52. The van der Waals surface area contributed by atoms with E-state index in [0.29, 0.717) is 33.1 Å². The smallest absolute Gasteiger partial charge is 0.224 e. The van der Waals surface area contributed by atoms with Gasteiger partial charge < -0.3 is 16.4 Å². The molecule has 0 radical (unpaired) electrons. The number of nitrogens with two attached hydrogens (primary N) is 1. The van der Waals surface area contributed by atoms with Crippen molar-refractivity contribution < 1.29 is 4.79 Å². The molecule has 0 saturated heterocycles. The zero-order valence-corrected chi connectivity index (χ0v) is 19.6. The van der Waals surface area contributed by atoms with Gasteiger partial charge in [0.25, 0.3) is 0 Å². The number of carbonyl (C=O) groups is 1. The maximum atomic E-state index is 11.7. The summed E-state index contributed by atoms with van der Waals surface area (Å²) in [5, 5.41) is 7.63. The monoisotopic (exact) mass is 475 g/mol. The van der Waals surface area contributed by atoms with E-state index in [9.17, 15) is 4.79 Å². The topological polar surface area (TPSA) is 111 Å². The SMILES string of the molecule is CCC(C)Nc1ncc2nc(Nc3c(Cl)cccc3Cl)n([C@H]3CC[C@H](C(N)=O)CC3)c2n1. The number of halogens is 2. The Hall–Kier alpha value is -2.58. The van der Waals surface area contributed by atoms with E-state index in [2.05, 4.69) is 34.0 Å². The minimum Gasteiger partial charge on any atom is -0.369 e. The van der Waals surface area contributed by atoms with E-state index in [1.807, 2.05) is 0 Å². The summed E-state index contributed by atoms with van der Waals surface area (Å²) in [6.45, 7) is 4.19. The highest BCUT2D eigenvalue weighted by atomic mass is 35.5. The number of carbonyl (C=O) groups excluding carboxylic acids is 1. The maximum Gasteiger partial charge on any atom is 0.224 e. The second-order valence-electron chi connectivity index (χ2n) is 8.29. The van der Waals surface area contributed by atoms with Gasteiger partial charge in [-0.1, -0.05) is 36.2 Å². The van der Waals surface area contributed by atoms with E-state index in [1.165, 1.54) is 0 Å². The molecule has 2 aromatic heterocycles. The molecular weight excluding hydrogens is 449 g/mol. The number of primary amides is 1. The number of nitrogens with zero attached hydrogens (tertiary/aromatic N) is 4. The van der Waals surface area contributed by atoms with Gasteiger partial charge in [-0.2, -0.15) is 4.98 Å². The molecule has 1 fully saturated rings. The molecule has 1 aliphatic rings. The predicted octanol–water partition coefficient (Wildman–Crippen LogP) is 5.30. The van der Waals surface area contributed by atoms with Crippen molar-refractivity contribution in [3.8, 4) is 0 Å². The molecular formula is C22H27Cl2N7O. The van der Waals surface area contributed by atoms with Gasteiger partial charge in [0.1, 0.15) is 5.52 Å². The third-order valence-corrected chi connectivity index (χ3v) is 6.71. The number of amides is 1. The summed E-state index contributed by atoms with van der Waals surface area (Å²) >= 11 is 12.8. The van der Waals surface area contributed by atoms with Crippen molar-refractivity contribution in [2.24, 2.45) is 11.7 Å². The van der Waals surface area contributed by atoms with Crippen LogP contribution in [0.15, 0.2) is 24.4 Å². The number of nitrogens with one attached hydrogen (secondary N) is 2. The molecule has 0 spiro atoms. The maximum absolute atomic E-state index is 11.7. The van der Waals surface area contributed by atoms with Crippen molar-refractivity contribution in [2.45, 2.75) is 58.0 Å². The fourth-order valence-corrected chi connectivity index (χ4v) is 4.56.